The van der Waals surface area contributed by atoms with Crippen LogP contribution in [0.3, 0.4) is 0 Å². The number of benzene rings is 5. The standard InChI is InChI=1S/C28H25ClN4O6.C28H24FN3O6.C26H24N4O5/c1-4-18(21-10-5-13(2)39-21)31-23-24(26(35)25(23)34)32-19-9-8-17(29)16-12-33(28(37)22(16)19)20-11-14(38-3)6-7-15(20)27(30)36;1-4-18(20-10-6-14(3)38-20)30-23-24(26(34)25(23)33)31-22-17(29)9-7-15-12-32(27(35)21(15)22)19-11-13(2)5-8-16(19)28(36)37;1-4-16(19-9-8-14(3)35-19)28-21-22(24(32)23(21)31)29-17-7-5-6-15-12-30(26(34)20(15)17)18-10-13(2)11-27-25(18)33/h5-11,18,31-32H,4,12H2,1-3H3,(H2,30,36);5-11,18,30-31H,4,12H2,1-3H3,(H,36,37);5-11,16,28-29H,4,12H2,1-3H3,(H,27,33)/t2*18-;16-/m111/s1. The highest BCUT2D eigenvalue weighted by molar-refractivity contribution is 6.33. The molecule has 15 rings (SSSR count). The van der Waals surface area contributed by atoms with Gasteiger partial charge in [0.1, 0.15) is 85.9 Å². The number of furan rings is 3. The van der Waals surface area contributed by atoms with Crippen LogP contribution < -0.4 is 95.2 Å². The molecule has 8 aromatic carbocycles. The molecule has 0 unspecified atom stereocenters. The maximum absolute atomic E-state index is 15.1. The molecular formula is C82H73ClFN11O17. The second-order valence-corrected chi connectivity index (χ2v) is 27.6. The minimum atomic E-state index is -1.20. The lowest BCUT2D eigenvalue weighted by Gasteiger charge is -2.21. The van der Waals surface area contributed by atoms with Gasteiger partial charge in [-0.05, 0) is 167 Å². The number of carboxylic acids is 1. The van der Waals surface area contributed by atoms with E-state index in [4.69, 9.17) is 35.3 Å². The van der Waals surface area contributed by atoms with Crippen molar-refractivity contribution < 1.29 is 51.5 Å². The first kappa shape index (κ1) is 76.5. The largest absolute Gasteiger partial charge is 0.497 e. The molecule has 0 saturated heterocycles. The first-order valence-corrected chi connectivity index (χ1v) is 35.9. The van der Waals surface area contributed by atoms with E-state index in [1.807, 2.05) is 65.8 Å². The summed E-state index contributed by atoms with van der Waals surface area (Å²) >= 11 is 6.46. The van der Waals surface area contributed by atoms with Crippen molar-refractivity contribution in [3.63, 3.8) is 0 Å². The molecule has 4 amide bonds. The number of H-pyrrole nitrogens is 1. The average molecular weight is 1540 g/mol. The van der Waals surface area contributed by atoms with Gasteiger partial charge in [-0.25, -0.2) is 9.18 Å². The Bertz CT molecular complexity index is 6140. The van der Waals surface area contributed by atoms with Crippen LogP contribution in [0.1, 0.15) is 172 Å². The third kappa shape index (κ3) is 14.2. The normalized spacial score (nSPS) is 13.6. The summed E-state index contributed by atoms with van der Waals surface area (Å²) in [4.78, 5) is 158. The quantitative estimate of drug-likeness (QED) is 0.0254. The van der Waals surface area contributed by atoms with Crippen molar-refractivity contribution in [1.82, 2.24) is 4.98 Å². The van der Waals surface area contributed by atoms with Crippen LogP contribution in [-0.4, -0.2) is 46.8 Å². The number of carbonyl (C=O) groups is 5. The molecule has 112 heavy (non-hydrogen) atoms. The Balaban J connectivity index is 0.000000147. The number of anilines is 12. The lowest BCUT2D eigenvalue weighted by Crippen LogP contribution is -2.37. The molecule has 0 spiro atoms. The van der Waals surface area contributed by atoms with Crippen LogP contribution in [0.2, 0.25) is 5.02 Å². The van der Waals surface area contributed by atoms with Crippen molar-refractivity contribution in [3.05, 3.63) is 300 Å². The van der Waals surface area contributed by atoms with Crippen LogP contribution in [-0.2, 0) is 19.6 Å². The van der Waals surface area contributed by atoms with E-state index in [0.717, 1.165) is 28.7 Å². The highest BCUT2D eigenvalue weighted by Crippen LogP contribution is 2.43. The van der Waals surface area contributed by atoms with E-state index in [0.29, 0.717) is 86.7 Å². The van der Waals surface area contributed by atoms with Gasteiger partial charge >= 0.3 is 5.97 Å². The van der Waals surface area contributed by atoms with Crippen LogP contribution in [0.4, 0.5) is 72.6 Å². The van der Waals surface area contributed by atoms with Crippen molar-refractivity contribution in [2.24, 2.45) is 5.73 Å². The fourth-order valence-electron chi connectivity index (χ4n) is 13.8. The fraction of sp³-hybridized carbons (Fsp3) is 0.220. The molecule has 0 bridgehead atoms. The smallest absolute Gasteiger partial charge is 0.337 e. The predicted molar refractivity (Wildman–Crippen MR) is 421 cm³/mol. The fourth-order valence-corrected chi connectivity index (χ4v) is 14.1. The molecule has 10 N–H and O–H groups in total. The van der Waals surface area contributed by atoms with E-state index in [-0.39, 0.29) is 122 Å². The Hall–Kier alpha value is -13.7. The Morgan fingerprint density at radius 3 is 1.46 bits per heavy atom. The number of nitrogens with one attached hydrogen (secondary N) is 7. The molecular weight excluding hydrogens is 1470 g/mol. The van der Waals surface area contributed by atoms with Crippen molar-refractivity contribution in [3.8, 4) is 5.75 Å². The van der Waals surface area contributed by atoms with Gasteiger partial charge in [-0.2, -0.15) is 0 Å². The SMILES string of the molecule is CC[C@@H](Nc1c(Nc2c(F)ccc3c2C(=O)N(c2cc(C)ccc2C(=O)O)C3)c(=O)c1=O)c1ccc(C)o1.CC[C@@H](Nc1c(Nc2ccc(Cl)c3c2C(=O)N(c2cc(OC)ccc2C(N)=O)C3)c(=O)c1=O)c1ccc(C)o1.CC[C@@H](Nc1c(Nc2cccc3c2C(=O)N(c2cc(C)c[nH]c2=O)C3)c(=O)c1=O)c1ccc(C)o1. The first-order valence-electron chi connectivity index (χ1n) is 35.5. The number of hydrogen-bond donors (Lipinski definition) is 9. The van der Waals surface area contributed by atoms with E-state index in [1.54, 1.807) is 92.8 Å². The minimum Gasteiger partial charge on any atom is -0.497 e. The molecule has 30 heteroatoms. The average Bonchev–Trinajstić information content (AvgIpc) is 1.54. The Kier molecular flexibility index (Phi) is 21.0. The summed E-state index contributed by atoms with van der Waals surface area (Å²) in [5, 5.41) is 27.9. The number of hydrogen-bond acceptors (Lipinski definition) is 22. The zero-order chi connectivity index (χ0) is 80.2. The Morgan fingerprint density at radius 1 is 0.509 bits per heavy atom. The number of nitrogens with two attached hydrogens (primary N) is 1. The van der Waals surface area contributed by atoms with Crippen LogP contribution in [0, 0.1) is 40.4 Å². The number of aryl methyl sites for hydroxylation is 5. The van der Waals surface area contributed by atoms with Gasteiger partial charge in [0, 0.05) is 22.8 Å². The number of aromatic carboxylic acids is 1. The second-order valence-electron chi connectivity index (χ2n) is 27.1. The molecule has 0 aliphatic carbocycles. The van der Waals surface area contributed by atoms with Gasteiger partial charge in [-0.1, -0.05) is 56.6 Å². The number of carboxylic acid groups (broad SMARTS) is 1. The van der Waals surface area contributed by atoms with Crippen LogP contribution >= 0.6 is 11.6 Å². The van der Waals surface area contributed by atoms with Crippen molar-refractivity contribution in [2.75, 3.05) is 53.7 Å². The molecule has 0 radical (unpaired) electrons. The van der Waals surface area contributed by atoms with E-state index in [9.17, 15) is 62.6 Å². The van der Waals surface area contributed by atoms with Gasteiger partial charge in [-0.15, -0.1) is 0 Å². The number of fused-ring (bicyclic) bond motifs is 3. The number of ether oxygens (including phenoxy) is 1. The molecule has 0 fully saturated rings. The maximum Gasteiger partial charge on any atom is 0.337 e. The third-order valence-corrected chi connectivity index (χ3v) is 20.1. The van der Waals surface area contributed by atoms with Gasteiger partial charge in [0.25, 0.3) is 61.8 Å². The third-order valence-electron chi connectivity index (χ3n) is 19.7. The number of amides is 4. The summed E-state index contributed by atoms with van der Waals surface area (Å²) in [5.41, 5.74) is 6.14. The van der Waals surface area contributed by atoms with E-state index >= 15 is 4.39 Å². The van der Waals surface area contributed by atoms with Gasteiger partial charge in [-0.3, -0.25) is 57.6 Å². The summed E-state index contributed by atoms with van der Waals surface area (Å²) < 4.78 is 37.4. The zero-order valence-corrected chi connectivity index (χ0v) is 62.5. The van der Waals surface area contributed by atoms with Gasteiger partial charge in [0.2, 0.25) is 0 Å². The van der Waals surface area contributed by atoms with E-state index in [1.165, 1.54) is 40.0 Å². The van der Waals surface area contributed by atoms with Crippen molar-refractivity contribution >= 4 is 109 Å². The van der Waals surface area contributed by atoms with Crippen LogP contribution in [0.15, 0.2) is 174 Å². The number of pyridine rings is 1. The highest BCUT2D eigenvalue weighted by Gasteiger charge is 2.40. The lowest BCUT2D eigenvalue weighted by molar-refractivity contribution is 0.0696. The number of primary amides is 1. The molecule has 28 nitrogen and oxygen atoms in total. The van der Waals surface area contributed by atoms with Crippen LogP contribution in [0.5, 0.6) is 5.75 Å². The van der Waals surface area contributed by atoms with Gasteiger partial charge in [0.15, 0.2) is 0 Å². The minimum absolute atomic E-state index is 0.0135. The molecule has 3 aliphatic rings. The predicted octanol–water partition coefficient (Wildman–Crippen LogP) is 12.9. The summed E-state index contributed by atoms with van der Waals surface area (Å²) in [6, 6.07) is 31.7. The monoisotopic (exact) mass is 1540 g/mol. The number of aromatic amines is 1. The van der Waals surface area contributed by atoms with Gasteiger partial charge in [0.05, 0.1) is 101 Å². The van der Waals surface area contributed by atoms with Crippen LogP contribution in [0.25, 0.3) is 0 Å². The number of rotatable bonds is 24. The Morgan fingerprint density at radius 2 is 0.964 bits per heavy atom. The molecule has 7 heterocycles. The van der Waals surface area contributed by atoms with Crippen molar-refractivity contribution in [2.45, 2.75) is 112 Å². The second kappa shape index (κ2) is 30.8. The Labute approximate surface area is 640 Å². The summed E-state index contributed by atoms with van der Waals surface area (Å²) in [5.74, 6) is 0.318. The number of carbonyl (C=O) groups excluding carboxylic acids is 4. The molecule has 12 aromatic rings. The molecule has 4 aromatic heterocycles. The summed E-state index contributed by atoms with van der Waals surface area (Å²) in [6.45, 7) is 15.1. The maximum atomic E-state index is 15.1. The highest BCUT2D eigenvalue weighted by atomic mass is 35.5. The van der Waals surface area contributed by atoms with E-state index < -0.39 is 68.1 Å². The summed E-state index contributed by atoms with van der Waals surface area (Å²) in [6.07, 6.45) is 3.35. The molecule has 0 saturated carbocycles. The number of methoxy groups -OCH3 is 1. The summed E-state index contributed by atoms with van der Waals surface area (Å²) in [7, 11) is 1.47. The number of nitrogens with zero attached hydrogens (tertiary/aromatic N) is 3. The van der Waals surface area contributed by atoms with E-state index in [2.05, 4.69) is 36.9 Å². The lowest BCUT2D eigenvalue weighted by atomic mass is 10.1. The first-order chi connectivity index (χ1) is 53.5. The topological polar surface area (TPSA) is 397 Å². The van der Waals surface area contributed by atoms with Crippen molar-refractivity contribution in [1.29, 1.82) is 0 Å². The zero-order valence-electron chi connectivity index (χ0n) is 61.8. The molecule has 572 valence electrons. The number of halogens is 2. The van der Waals surface area contributed by atoms with Gasteiger partial charge < -0.3 is 75.5 Å². The number of aromatic nitrogens is 1. The molecule has 3 atom stereocenters. The molecule has 3 aliphatic heterocycles.